The number of benzene rings is 2. The highest BCUT2D eigenvalue weighted by atomic mass is 35.5. The first-order chi connectivity index (χ1) is 15.9. The number of amides is 1. The molecule has 1 atom stereocenters. The zero-order valence-electron chi connectivity index (χ0n) is 19.7. The van der Waals surface area contributed by atoms with Crippen molar-refractivity contribution in [1.29, 1.82) is 0 Å². The quantitative estimate of drug-likeness (QED) is 0.464. The molecule has 1 aliphatic rings. The Labute approximate surface area is 202 Å². The molecule has 1 aliphatic heterocycles. The second-order valence-corrected chi connectivity index (χ2v) is 9.53. The van der Waals surface area contributed by atoms with E-state index in [1.54, 1.807) is 0 Å². The molecule has 3 aromatic rings. The molecule has 0 bridgehead atoms. The zero-order valence-corrected chi connectivity index (χ0v) is 20.4. The number of carbonyl (C=O) groups is 1. The van der Waals surface area contributed by atoms with Crippen LogP contribution in [0.1, 0.15) is 46.8 Å². The zero-order chi connectivity index (χ0) is 23.4. The van der Waals surface area contributed by atoms with Gasteiger partial charge in [-0.2, -0.15) is 0 Å². The molecule has 1 aromatic heterocycles. The van der Waals surface area contributed by atoms with Crippen LogP contribution in [0.25, 0.3) is 0 Å². The van der Waals surface area contributed by atoms with Gasteiger partial charge in [-0.1, -0.05) is 54.1 Å². The van der Waals surface area contributed by atoms with Crippen LogP contribution in [0.2, 0.25) is 5.02 Å². The van der Waals surface area contributed by atoms with Crippen molar-refractivity contribution in [2.45, 2.75) is 39.3 Å². The highest BCUT2D eigenvalue weighted by molar-refractivity contribution is 6.30. The average Bonchev–Trinajstić information content (AvgIpc) is 2.83. The first-order valence-electron chi connectivity index (χ1n) is 11.6. The molecule has 1 saturated heterocycles. The number of aromatic nitrogens is 1. The summed E-state index contributed by atoms with van der Waals surface area (Å²) in [6, 6.07) is 20.2. The molecule has 1 amide bonds. The first-order valence-corrected chi connectivity index (χ1v) is 12.0. The summed E-state index contributed by atoms with van der Waals surface area (Å²) in [5, 5.41) is 0.762. The molecule has 1 unspecified atom stereocenters. The van der Waals surface area contributed by atoms with Crippen LogP contribution < -0.4 is 0 Å². The lowest BCUT2D eigenvalue weighted by molar-refractivity contribution is -0.137. The Balaban J connectivity index is 1.49. The van der Waals surface area contributed by atoms with Gasteiger partial charge in [0.1, 0.15) is 0 Å². The minimum atomic E-state index is -0.188. The van der Waals surface area contributed by atoms with E-state index in [4.69, 9.17) is 16.6 Å². The van der Waals surface area contributed by atoms with E-state index in [1.165, 1.54) is 11.1 Å². The number of likely N-dealkylation sites (tertiary alicyclic amines) is 1. The fourth-order valence-electron chi connectivity index (χ4n) is 4.82. The van der Waals surface area contributed by atoms with Gasteiger partial charge in [0.2, 0.25) is 5.91 Å². The van der Waals surface area contributed by atoms with Crippen LogP contribution in [-0.2, 0) is 11.3 Å². The maximum atomic E-state index is 13.7. The second kappa shape index (κ2) is 10.5. The standard InChI is InChI=1S/C28H32ClN3O/c1-20-7-4-5-9-25(20)27(26-21(2)8-6-16-30-26)31(3)28(33)23-14-17-32(18-15-23)19-22-10-12-24(29)13-11-22/h4-13,16,23,27H,14-15,17-19H2,1-3H3. The van der Waals surface area contributed by atoms with Crippen molar-refractivity contribution in [3.8, 4) is 0 Å². The number of pyridine rings is 1. The van der Waals surface area contributed by atoms with Crippen LogP contribution in [0.5, 0.6) is 0 Å². The molecule has 4 nitrogen and oxygen atoms in total. The van der Waals surface area contributed by atoms with E-state index in [9.17, 15) is 4.79 Å². The maximum Gasteiger partial charge on any atom is 0.226 e. The number of carbonyl (C=O) groups excluding carboxylic acids is 1. The normalized spacial score (nSPS) is 15.9. The van der Waals surface area contributed by atoms with Crippen LogP contribution in [0.4, 0.5) is 0 Å². The van der Waals surface area contributed by atoms with Crippen molar-refractivity contribution in [2.75, 3.05) is 20.1 Å². The molecule has 0 N–H and O–H groups in total. The topological polar surface area (TPSA) is 36.4 Å². The highest BCUT2D eigenvalue weighted by Crippen LogP contribution is 2.33. The Morgan fingerprint density at radius 3 is 2.36 bits per heavy atom. The van der Waals surface area contributed by atoms with Crippen molar-refractivity contribution in [1.82, 2.24) is 14.8 Å². The SMILES string of the molecule is Cc1ccccc1C(c1ncccc1C)N(C)C(=O)C1CCN(Cc2ccc(Cl)cc2)CC1. The third kappa shape index (κ3) is 5.45. The first kappa shape index (κ1) is 23.5. The molecular formula is C28H32ClN3O. The molecule has 172 valence electrons. The third-order valence-electron chi connectivity index (χ3n) is 6.78. The van der Waals surface area contributed by atoms with Gasteiger partial charge < -0.3 is 4.90 Å². The molecule has 2 aromatic carbocycles. The summed E-state index contributed by atoms with van der Waals surface area (Å²) >= 11 is 6.01. The molecule has 0 aliphatic carbocycles. The Kier molecular flexibility index (Phi) is 7.46. The van der Waals surface area contributed by atoms with Crippen molar-refractivity contribution in [3.63, 3.8) is 0 Å². The van der Waals surface area contributed by atoms with Gasteiger partial charge >= 0.3 is 0 Å². The molecule has 2 heterocycles. The lowest BCUT2D eigenvalue weighted by Gasteiger charge is -2.36. The Morgan fingerprint density at radius 1 is 1.03 bits per heavy atom. The number of piperidine rings is 1. The van der Waals surface area contributed by atoms with Crippen LogP contribution in [-0.4, -0.2) is 40.8 Å². The highest BCUT2D eigenvalue weighted by Gasteiger charge is 2.33. The molecule has 0 radical (unpaired) electrons. The number of aryl methyl sites for hydroxylation is 2. The van der Waals surface area contributed by atoms with E-state index in [-0.39, 0.29) is 17.9 Å². The van der Waals surface area contributed by atoms with Crippen LogP contribution in [0.3, 0.4) is 0 Å². The number of nitrogens with zero attached hydrogens (tertiary/aromatic N) is 3. The van der Waals surface area contributed by atoms with E-state index < -0.39 is 0 Å². The predicted octanol–water partition coefficient (Wildman–Crippen LogP) is 5.81. The summed E-state index contributed by atoms with van der Waals surface area (Å²) in [6.07, 6.45) is 3.57. The molecule has 0 saturated carbocycles. The van der Waals surface area contributed by atoms with Gasteiger partial charge in [0.05, 0.1) is 11.7 Å². The van der Waals surface area contributed by atoms with E-state index in [0.29, 0.717) is 0 Å². The number of halogens is 1. The monoisotopic (exact) mass is 461 g/mol. The molecule has 5 heteroatoms. The van der Waals surface area contributed by atoms with E-state index in [1.807, 2.05) is 48.5 Å². The fourth-order valence-corrected chi connectivity index (χ4v) is 4.94. The van der Waals surface area contributed by atoms with Crippen LogP contribution in [0.15, 0.2) is 66.9 Å². The predicted molar refractivity (Wildman–Crippen MR) is 134 cm³/mol. The van der Waals surface area contributed by atoms with Crippen LogP contribution in [0, 0.1) is 19.8 Å². The van der Waals surface area contributed by atoms with Crippen LogP contribution >= 0.6 is 11.6 Å². The lowest BCUT2D eigenvalue weighted by atomic mass is 9.91. The summed E-state index contributed by atoms with van der Waals surface area (Å²) in [7, 11) is 1.94. The third-order valence-corrected chi connectivity index (χ3v) is 7.04. The number of rotatable bonds is 6. The molecule has 4 rings (SSSR count). The van der Waals surface area contributed by atoms with Gasteiger partial charge in [0.25, 0.3) is 0 Å². The average molecular weight is 462 g/mol. The van der Waals surface area contributed by atoms with Gasteiger partial charge in [0.15, 0.2) is 0 Å². The largest absolute Gasteiger partial charge is 0.333 e. The number of hydrogen-bond acceptors (Lipinski definition) is 3. The summed E-state index contributed by atoms with van der Waals surface area (Å²) in [5.74, 6) is 0.242. The summed E-state index contributed by atoms with van der Waals surface area (Å²) in [6.45, 7) is 6.91. The second-order valence-electron chi connectivity index (χ2n) is 9.09. The van der Waals surface area contributed by atoms with Gasteiger partial charge in [-0.3, -0.25) is 14.7 Å². The summed E-state index contributed by atoms with van der Waals surface area (Å²) in [4.78, 5) is 22.7. The van der Waals surface area contributed by atoms with E-state index in [2.05, 4.69) is 49.1 Å². The maximum absolute atomic E-state index is 13.7. The van der Waals surface area contributed by atoms with E-state index in [0.717, 1.165) is 54.3 Å². The fraction of sp³-hybridized carbons (Fsp3) is 0.357. The summed E-state index contributed by atoms with van der Waals surface area (Å²) < 4.78 is 0. The van der Waals surface area contributed by atoms with Gasteiger partial charge in [-0.25, -0.2) is 0 Å². The van der Waals surface area contributed by atoms with Gasteiger partial charge in [-0.05, 0) is 80.2 Å². The van der Waals surface area contributed by atoms with Crippen molar-refractivity contribution in [3.05, 3.63) is 99.8 Å². The minimum absolute atomic E-state index is 0.0343. The lowest BCUT2D eigenvalue weighted by Crippen LogP contribution is -2.42. The van der Waals surface area contributed by atoms with Gasteiger partial charge in [-0.15, -0.1) is 0 Å². The number of hydrogen-bond donors (Lipinski definition) is 0. The Hall–Kier alpha value is -2.69. The minimum Gasteiger partial charge on any atom is -0.333 e. The molecular weight excluding hydrogens is 430 g/mol. The van der Waals surface area contributed by atoms with Gasteiger partial charge in [0, 0.05) is 30.7 Å². The smallest absolute Gasteiger partial charge is 0.226 e. The van der Waals surface area contributed by atoms with Crippen molar-refractivity contribution < 1.29 is 4.79 Å². The molecule has 1 fully saturated rings. The summed E-state index contributed by atoms with van der Waals surface area (Å²) in [5.41, 5.74) is 5.61. The van der Waals surface area contributed by atoms with Crippen molar-refractivity contribution in [2.24, 2.45) is 5.92 Å². The Morgan fingerprint density at radius 2 is 1.70 bits per heavy atom. The molecule has 0 spiro atoms. The van der Waals surface area contributed by atoms with Crippen molar-refractivity contribution >= 4 is 17.5 Å². The van der Waals surface area contributed by atoms with E-state index >= 15 is 0 Å². The molecule has 33 heavy (non-hydrogen) atoms. The Bertz CT molecular complexity index is 1040.